The predicted octanol–water partition coefficient (Wildman–Crippen LogP) is 8.23. The van der Waals surface area contributed by atoms with E-state index in [0.29, 0.717) is 22.0 Å². The molecule has 8 heteroatoms. The number of halogens is 3. The fraction of sp³-hybridized carbons (Fsp3) is 0.393. The van der Waals surface area contributed by atoms with Crippen LogP contribution in [0.3, 0.4) is 0 Å². The molecule has 0 spiro atoms. The van der Waals surface area contributed by atoms with Crippen molar-refractivity contribution in [3.63, 3.8) is 0 Å². The number of benzene rings is 2. The Morgan fingerprint density at radius 1 is 1.14 bits per heavy atom. The fourth-order valence-corrected chi connectivity index (χ4v) is 4.73. The van der Waals surface area contributed by atoms with E-state index >= 15 is 0 Å². The van der Waals surface area contributed by atoms with Crippen LogP contribution in [0.15, 0.2) is 64.4 Å². The van der Waals surface area contributed by atoms with Crippen LogP contribution in [0.4, 0.5) is 13.2 Å². The zero-order valence-corrected chi connectivity index (χ0v) is 21.6. The van der Waals surface area contributed by atoms with Gasteiger partial charge in [0, 0.05) is 22.1 Å². The SMILES string of the molecule is C=CC(=O)OCC(C)(CSc1ccc2cc(-c3ccc(CCCCC)cc3OC)oc2c1)C(F)(F)F. The van der Waals surface area contributed by atoms with Crippen LogP contribution in [-0.4, -0.2) is 31.6 Å². The Hall–Kier alpha value is -2.87. The Labute approximate surface area is 213 Å². The molecule has 36 heavy (non-hydrogen) atoms. The Morgan fingerprint density at radius 2 is 1.92 bits per heavy atom. The third kappa shape index (κ3) is 6.66. The van der Waals surface area contributed by atoms with Crippen LogP contribution in [0, 0.1) is 5.41 Å². The van der Waals surface area contributed by atoms with Crippen LogP contribution < -0.4 is 4.74 Å². The minimum Gasteiger partial charge on any atom is -0.496 e. The number of ether oxygens (including phenoxy) is 2. The lowest BCUT2D eigenvalue weighted by Crippen LogP contribution is -2.42. The molecule has 1 heterocycles. The van der Waals surface area contributed by atoms with Gasteiger partial charge in [0.05, 0.1) is 12.7 Å². The molecule has 1 atom stereocenters. The molecule has 0 saturated heterocycles. The molecule has 0 amide bonds. The summed E-state index contributed by atoms with van der Waals surface area (Å²) in [6, 6.07) is 13.3. The third-order valence-electron chi connectivity index (χ3n) is 6.03. The smallest absolute Gasteiger partial charge is 0.398 e. The van der Waals surface area contributed by atoms with Crippen molar-refractivity contribution in [3.05, 3.63) is 60.7 Å². The molecule has 0 aliphatic heterocycles. The summed E-state index contributed by atoms with van der Waals surface area (Å²) >= 11 is 1.03. The summed E-state index contributed by atoms with van der Waals surface area (Å²) in [4.78, 5) is 11.9. The van der Waals surface area contributed by atoms with Crippen LogP contribution in [-0.2, 0) is 16.0 Å². The summed E-state index contributed by atoms with van der Waals surface area (Å²) < 4.78 is 57.6. The van der Waals surface area contributed by atoms with Crippen molar-refractivity contribution < 1.29 is 31.9 Å². The van der Waals surface area contributed by atoms with E-state index < -0.39 is 24.2 Å². The highest BCUT2D eigenvalue weighted by Crippen LogP contribution is 2.43. The molecular weight excluding hydrogens is 489 g/mol. The van der Waals surface area contributed by atoms with E-state index in [0.717, 1.165) is 55.0 Å². The Balaban J connectivity index is 1.79. The number of hydrogen-bond donors (Lipinski definition) is 0. The van der Waals surface area contributed by atoms with E-state index in [1.54, 1.807) is 19.2 Å². The molecule has 0 N–H and O–H groups in total. The summed E-state index contributed by atoms with van der Waals surface area (Å²) in [6.45, 7) is 5.65. The molecule has 0 fully saturated rings. The van der Waals surface area contributed by atoms with Gasteiger partial charge in [-0.3, -0.25) is 0 Å². The minimum atomic E-state index is -4.55. The highest BCUT2D eigenvalue weighted by atomic mass is 32.2. The van der Waals surface area contributed by atoms with Crippen molar-refractivity contribution in [2.24, 2.45) is 5.41 Å². The average molecular weight is 521 g/mol. The lowest BCUT2D eigenvalue weighted by molar-refractivity contribution is -0.223. The molecule has 0 radical (unpaired) electrons. The molecule has 1 aromatic heterocycles. The second-order valence-electron chi connectivity index (χ2n) is 8.96. The van der Waals surface area contributed by atoms with Gasteiger partial charge in [-0.05, 0) is 61.7 Å². The van der Waals surface area contributed by atoms with Crippen LogP contribution in [0.25, 0.3) is 22.3 Å². The molecule has 1 unspecified atom stereocenters. The number of thioether (sulfide) groups is 1. The number of furan rings is 1. The van der Waals surface area contributed by atoms with E-state index in [2.05, 4.69) is 19.6 Å². The molecule has 4 nitrogen and oxygen atoms in total. The van der Waals surface area contributed by atoms with E-state index in [-0.39, 0.29) is 5.75 Å². The van der Waals surface area contributed by atoms with Crippen molar-refractivity contribution in [2.75, 3.05) is 19.5 Å². The van der Waals surface area contributed by atoms with Crippen molar-refractivity contribution in [2.45, 2.75) is 50.6 Å². The molecule has 0 bridgehead atoms. The van der Waals surface area contributed by atoms with Gasteiger partial charge >= 0.3 is 12.1 Å². The van der Waals surface area contributed by atoms with E-state index in [4.69, 9.17) is 13.9 Å². The van der Waals surface area contributed by atoms with Gasteiger partial charge in [-0.15, -0.1) is 11.8 Å². The van der Waals surface area contributed by atoms with Crippen LogP contribution in [0.1, 0.15) is 38.7 Å². The third-order valence-corrected chi connectivity index (χ3v) is 7.40. The van der Waals surface area contributed by atoms with Gasteiger partial charge in [0.2, 0.25) is 0 Å². The van der Waals surface area contributed by atoms with E-state index in [9.17, 15) is 18.0 Å². The van der Waals surface area contributed by atoms with Crippen molar-refractivity contribution in [3.8, 4) is 17.1 Å². The zero-order valence-electron chi connectivity index (χ0n) is 20.7. The first-order chi connectivity index (χ1) is 17.1. The molecule has 0 aliphatic rings. The number of alkyl halides is 3. The van der Waals surface area contributed by atoms with E-state index in [1.165, 1.54) is 12.0 Å². The number of hydrogen-bond acceptors (Lipinski definition) is 5. The standard InChI is InChI=1S/C28H31F3O4S/c1-5-7-8-9-19-10-13-22(24(14-19)33-4)25-15-20-11-12-21(16-23(20)35-25)36-18-27(3,28(29,30)31)17-34-26(32)6-2/h6,10-16H,2,5,7-9,17-18H2,1,3-4H3. The first-order valence-electron chi connectivity index (χ1n) is 11.8. The number of esters is 1. The molecule has 0 aliphatic carbocycles. The first kappa shape index (κ1) is 27.7. The summed E-state index contributed by atoms with van der Waals surface area (Å²) in [5.74, 6) is 0.130. The van der Waals surface area contributed by atoms with Gasteiger partial charge < -0.3 is 13.9 Å². The molecular formula is C28H31F3O4S. The highest BCUT2D eigenvalue weighted by molar-refractivity contribution is 7.99. The zero-order chi connectivity index (χ0) is 26.3. The summed E-state index contributed by atoms with van der Waals surface area (Å²) in [5, 5.41) is 0.835. The maximum Gasteiger partial charge on any atom is 0.398 e. The van der Waals surface area contributed by atoms with Gasteiger partial charge in [0.1, 0.15) is 29.1 Å². The average Bonchev–Trinajstić information content (AvgIpc) is 3.28. The Kier molecular flexibility index (Phi) is 9.17. The van der Waals surface area contributed by atoms with Gasteiger partial charge in [-0.1, -0.05) is 32.4 Å². The van der Waals surface area contributed by atoms with Crippen molar-refractivity contribution >= 4 is 28.7 Å². The van der Waals surface area contributed by atoms with Gasteiger partial charge in [-0.2, -0.15) is 13.2 Å². The molecule has 0 saturated carbocycles. The Morgan fingerprint density at radius 3 is 2.58 bits per heavy atom. The number of aryl methyl sites for hydroxylation is 1. The number of methoxy groups -OCH3 is 1. The second kappa shape index (κ2) is 11.9. The number of rotatable bonds is 12. The van der Waals surface area contributed by atoms with Gasteiger partial charge in [0.25, 0.3) is 0 Å². The largest absolute Gasteiger partial charge is 0.496 e. The highest BCUT2D eigenvalue weighted by Gasteiger charge is 2.52. The normalized spacial score (nSPS) is 13.4. The number of unbranched alkanes of at least 4 members (excludes halogenated alkanes) is 2. The molecule has 2 aromatic carbocycles. The van der Waals surface area contributed by atoms with Crippen LogP contribution >= 0.6 is 11.8 Å². The first-order valence-corrected chi connectivity index (χ1v) is 12.8. The summed E-state index contributed by atoms with van der Waals surface area (Å²) in [6.07, 6.45) is 0.732. The quantitative estimate of drug-likeness (QED) is 0.104. The maximum atomic E-state index is 13.7. The maximum absolute atomic E-state index is 13.7. The fourth-order valence-electron chi connectivity index (χ4n) is 3.65. The van der Waals surface area contributed by atoms with Crippen molar-refractivity contribution in [1.29, 1.82) is 0 Å². The molecule has 194 valence electrons. The van der Waals surface area contributed by atoms with Gasteiger partial charge in [0.15, 0.2) is 0 Å². The number of carbonyl (C=O) groups excluding carboxylic acids is 1. The van der Waals surface area contributed by atoms with Crippen molar-refractivity contribution in [1.82, 2.24) is 0 Å². The summed E-state index contributed by atoms with van der Waals surface area (Å²) in [5.41, 5.74) is 0.364. The lowest BCUT2D eigenvalue weighted by atomic mass is 9.94. The topological polar surface area (TPSA) is 48.7 Å². The minimum absolute atomic E-state index is 0.326. The van der Waals surface area contributed by atoms with Crippen LogP contribution in [0.2, 0.25) is 0 Å². The molecule has 3 aromatic rings. The summed E-state index contributed by atoms with van der Waals surface area (Å²) in [7, 11) is 1.62. The molecule has 3 rings (SSSR count). The van der Waals surface area contributed by atoms with E-state index in [1.807, 2.05) is 24.3 Å². The number of fused-ring (bicyclic) bond motifs is 1. The van der Waals surface area contributed by atoms with Gasteiger partial charge in [-0.25, -0.2) is 4.79 Å². The lowest BCUT2D eigenvalue weighted by Gasteiger charge is -2.30. The predicted molar refractivity (Wildman–Crippen MR) is 137 cm³/mol. The second-order valence-corrected chi connectivity index (χ2v) is 10.0. The Bertz CT molecular complexity index is 1200. The van der Waals surface area contributed by atoms with Crippen LogP contribution in [0.5, 0.6) is 5.75 Å². The monoisotopic (exact) mass is 520 g/mol. The number of carbonyl (C=O) groups is 1.